The molecule has 6 nitrogen and oxygen atoms in total. The summed E-state index contributed by atoms with van der Waals surface area (Å²) in [5.41, 5.74) is 1.56. The van der Waals surface area contributed by atoms with E-state index in [1.54, 1.807) is 25.4 Å². The molecule has 1 amide bonds. The van der Waals surface area contributed by atoms with Crippen LogP contribution < -0.4 is 15.0 Å². The summed E-state index contributed by atoms with van der Waals surface area (Å²) in [4.78, 5) is 18.8. The zero-order chi connectivity index (χ0) is 19.1. The van der Waals surface area contributed by atoms with E-state index in [4.69, 9.17) is 4.74 Å². The monoisotopic (exact) mass is 364 g/mol. The Morgan fingerprint density at radius 1 is 1.37 bits per heavy atom. The van der Waals surface area contributed by atoms with Crippen LogP contribution in [-0.2, 0) is 11.2 Å². The number of aromatic nitrogens is 1. The summed E-state index contributed by atoms with van der Waals surface area (Å²) < 4.78 is 5.13. The Hall–Kier alpha value is -3.07. The first kappa shape index (κ1) is 18.7. The van der Waals surface area contributed by atoms with Gasteiger partial charge in [0.05, 0.1) is 19.1 Å². The predicted octanol–water partition coefficient (Wildman–Crippen LogP) is 2.54. The molecule has 0 radical (unpaired) electrons. The molecule has 1 aliphatic rings. The van der Waals surface area contributed by atoms with E-state index in [0.29, 0.717) is 24.4 Å². The van der Waals surface area contributed by atoms with Crippen molar-refractivity contribution >= 4 is 11.7 Å². The topological polar surface area (TPSA) is 78.2 Å². The number of amides is 1. The summed E-state index contributed by atoms with van der Waals surface area (Å²) in [6, 6.07) is 13.3. The number of hydrogen-bond donors (Lipinski definition) is 1. The fourth-order valence-corrected chi connectivity index (χ4v) is 3.41. The normalized spacial score (nSPS) is 16.4. The Morgan fingerprint density at radius 2 is 2.19 bits per heavy atom. The molecule has 1 saturated heterocycles. The molecule has 1 fully saturated rings. The number of carbonyl (C=O) groups is 1. The van der Waals surface area contributed by atoms with Crippen molar-refractivity contribution in [1.82, 2.24) is 10.3 Å². The van der Waals surface area contributed by atoms with E-state index >= 15 is 0 Å². The van der Waals surface area contributed by atoms with Crippen LogP contribution in [0, 0.1) is 17.2 Å². The first-order valence-corrected chi connectivity index (χ1v) is 9.19. The van der Waals surface area contributed by atoms with Gasteiger partial charge in [0.15, 0.2) is 0 Å². The van der Waals surface area contributed by atoms with Crippen LogP contribution in [0.4, 0.5) is 5.82 Å². The molecule has 3 rings (SSSR count). The van der Waals surface area contributed by atoms with Gasteiger partial charge in [0.1, 0.15) is 17.6 Å². The molecule has 140 valence electrons. The number of methoxy groups -OCH3 is 1. The standard InChI is InChI=1S/C21H24N4O2/c1-27-19-8-6-16(7-9-19)12-20(26)24-14-17-4-3-11-25(15-17)21-18(13-22)5-2-10-23-21/h2,5-10,17H,3-4,11-12,14-15H2,1H3,(H,24,26)/t17-/m0/s1. The molecule has 1 atom stereocenters. The lowest BCUT2D eigenvalue weighted by Crippen LogP contribution is -2.41. The van der Waals surface area contributed by atoms with Gasteiger partial charge in [-0.1, -0.05) is 12.1 Å². The van der Waals surface area contributed by atoms with Crippen molar-refractivity contribution in [2.75, 3.05) is 31.6 Å². The van der Waals surface area contributed by atoms with Crippen LogP contribution in [0.1, 0.15) is 24.0 Å². The molecular weight excluding hydrogens is 340 g/mol. The van der Waals surface area contributed by atoms with Gasteiger partial charge in [-0.2, -0.15) is 5.26 Å². The number of carbonyl (C=O) groups excluding carboxylic acids is 1. The Kier molecular flexibility index (Phi) is 6.26. The van der Waals surface area contributed by atoms with E-state index in [1.165, 1.54) is 0 Å². The average molecular weight is 364 g/mol. The number of pyridine rings is 1. The van der Waals surface area contributed by atoms with E-state index in [0.717, 1.165) is 43.1 Å². The minimum absolute atomic E-state index is 0.0211. The second kappa shape index (κ2) is 9.04. The van der Waals surface area contributed by atoms with Gasteiger partial charge >= 0.3 is 0 Å². The molecule has 2 heterocycles. The number of anilines is 1. The minimum atomic E-state index is 0.0211. The molecule has 1 aromatic heterocycles. The van der Waals surface area contributed by atoms with E-state index < -0.39 is 0 Å². The molecule has 27 heavy (non-hydrogen) atoms. The maximum atomic E-state index is 12.3. The van der Waals surface area contributed by atoms with E-state index in [-0.39, 0.29) is 5.91 Å². The molecule has 1 aliphatic heterocycles. The largest absolute Gasteiger partial charge is 0.497 e. The van der Waals surface area contributed by atoms with Gasteiger partial charge in [-0.15, -0.1) is 0 Å². The van der Waals surface area contributed by atoms with E-state index in [9.17, 15) is 10.1 Å². The van der Waals surface area contributed by atoms with E-state index in [1.807, 2.05) is 24.3 Å². The molecule has 2 aromatic rings. The third-order valence-electron chi connectivity index (χ3n) is 4.84. The number of piperidine rings is 1. The number of nitrogens with zero attached hydrogens (tertiary/aromatic N) is 3. The fourth-order valence-electron chi connectivity index (χ4n) is 3.41. The molecule has 0 saturated carbocycles. The maximum absolute atomic E-state index is 12.3. The molecule has 0 unspecified atom stereocenters. The van der Waals surface area contributed by atoms with Crippen molar-refractivity contribution in [1.29, 1.82) is 5.26 Å². The Balaban J connectivity index is 1.51. The number of hydrogen-bond acceptors (Lipinski definition) is 5. The summed E-state index contributed by atoms with van der Waals surface area (Å²) >= 11 is 0. The van der Waals surface area contributed by atoms with Crippen LogP contribution in [0.15, 0.2) is 42.6 Å². The summed E-state index contributed by atoms with van der Waals surface area (Å²) in [5.74, 6) is 1.90. The van der Waals surface area contributed by atoms with Gasteiger partial charge in [0.2, 0.25) is 5.91 Å². The first-order valence-electron chi connectivity index (χ1n) is 9.19. The summed E-state index contributed by atoms with van der Waals surface area (Å²) in [6.07, 6.45) is 4.17. The van der Waals surface area contributed by atoms with Gasteiger partial charge in [0.25, 0.3) is 0 Å². The lowest BCUT2D eigenvalue weighted by Gasteiger charge is -2.34. The highest BCUT2D eigenvalue weighted by Gasteiger charge is 2.23. The quantitative estimate of drug-likeness (QED) is 0.852. The zero-order valence-corrected chi connectivity index (χ0v) is 15.5. The van der Waals surface area contributed by atoms with Crippen LogP contribution in [0.2, 0.25) is 0 Å². The third kappa shape index (κ3) is 4.98. The number of nitriles is 1. The van der Waals surface area contributed by atoms with Crippen molar-refractivity contribution in [2.45, 2.75) is 19.3 Å². The summed E-state index contributed by atoms with van der Waals surface area (Å²) in [7, 11) is 1.62. The van der Waals surface area contributed by atoms with Crippen LogP contribution in [0.25, 0.3) is 0 Å². The van der Waals surface area contributed by atoms with Crippen molar-refractivity contribution in [3.8, 4) is 11.8 Å². The van der Waals surface area contributed by atoms with Crippen LogP contribution in [0.3, 0.4) is 0 Å². The molecule has 0 aliphatic carbocycles. The highest BCUT2D eigenvalue weighted by Crippen LogP contribution is 2.23. The lowest BCUT2D eigenvalue weighted by atomic mass is 9.97. The number of rotatable bonds is 6. The zero-order valence-electron chi connectivity index (χ0n) is 15.5. The SMILES string of the molecule is COc1ccc(CC(=O)NC[C@@H]2CCCN(c3ncccc3C#N)C2)cc1. The summed E-state index contributed by atoms with van der Waals surface area (Å²) in [5, 5.41) is 12.3. The Bertz CT molecular complexity index is 814. The van der Waals surface area contributed by atoms with Gasteiger partial charge in [-0.3, -0.25) is 4.79 Å². The first-order chi connectivity index (χ1) is 13.2. The lowest BCUT2D eigenvalue weighted by molar-refractivity contribution is -0.120. The average Bonchev–Trinajstić information content (AvgIpc) is 2.73. The molecule has 1 N–H and O–H groups in total. The molecular formula is C21H24N4O2. The second-order valence-corrected chi connectivity index (χ2v) is 6.77. The van der Waals surface area contributed by atoms with Gasteiger partial charge in [-0.25, -0.2) is 4.98 Å². The second-order valence-electron chi connectivity index (χ2n) is 6.77. The highest BCUT2D eigenvalue weighted by molar-refractivity contribution is 5.78. The molecule has 0 spiro atoms. The van der Waals surface area contributed by atoms with Crippen molar-refractivity contribution in [2.24, 2.45) is 5.92 Å². The maximum Gasteiger partial charge on any atom is 0.224 e. The van der Waals surface area contributed by atoms with Crippen LogP contribution in [-0.4, -0.2) is 37.6 Å². The van der Waals surface area contributed by atoms with E-state index in [2.05, 4.69) is 21.3 Å². The van der Waals surface area contributed by atoms with Gasteiger partial charge in [0, 0.05) is 25.8 Å². The van der Waals surface area contributed by atoms with Crippen molar-refractivity contribution in [3.63, 3.8) is 0 Å². The van der Waals surface area contributed by atoms with Crippen molar-refractivity contribution in [3.05, 3.63) is 53.7 Å². The molecule has 6 heteroatoms. The van der Waals surface area contributed by atoms with Gasteiger partial charge < -0.3 is 15.0 Å². The molecule has 1 aromatic carbocycles. The Labute approximate surface area is 159 Å². The Morgan fingerprint density at radius 3 is 2.93 bits per heavy atom. The number of ether oxygens (including phenoxy) is 1. The number of nitrogens with one attached hydrogen (secondary N) is 1. The third-order valence-corrected chi connectivity index (χ3v) is 4.84. The van der Waals surface area contributed by atoms with Crippen LogP contribution >= 0.6 is 0 Å². The summed E-state index contributed by atoms with van der Waals surface area (Å²) in [6.45, 7) is 2.33. The predicted molar refractivity (Wildman–Crippen MR) is 104 cm³/mol. The number of benzene rings is 1. The van der Waals surface area contributed by atoms with Gasteiger partial charge in [-0.05, 0) is 48.6 Å². The smallest absolute Gasteiger partial charge is 0.224 e. The van der Waals surface area contributed by atoms with Crippen molar-refractivity contribution < 1.29 is 9.53 Å². The fraction of sp³-hybridized carbons (Fsp3) is 0.381. The molecule has 0 bridgehead atoms. The van der Waals surface area contributed by atoms with Crippen LogP contribution in [0.5, 0.6) is 5.75 Å². The highest BCUT2D eigenvalue weighted by atomic mass is 16.5. The minimum Gasteiger partial charge on any atom is -0.497 e.